The highest BCUT2D eigenvalue weighted by Crippen LogP contribution is 2.27. The Kier molecular flexibility index (Phi) is 3.97. The van der Waals surface area contributed by atoms with E-state index in [-0.39, 0.29) is 22.2 Å². The van der Waals surface area contributed by atoms with Crippen LogP contribution in [-0.2, 0) is 0 Å². The van der Waals surface area contributed by atoms with Gasteiger partial charge in [-0.1, -0.05) is 17.7 Å². The molecule has 0 fully saturated rings. The Morgan fingerprint density at radius 2 is 2.00 bits per heavy atom. The van der Waals surface area contributed by atoms with Gasteiger partial charge >= 0.3 is 0 Å². The third kappa shape index (κ3) is 2.42. The molecule has 82 valence electrons. The standard InChI is InChI=1S/C11H14ClNO2/c1-3-13(4-2)11(15)8-6-5-7-9(12)10(8)14/h5-7,14H,3-4H2,1-2H3. The first kappa shape index (κ1) is 11.9. The van der Waals surface area contributed by atoms with Crippen molar-refractivity contribution < 1.29 is 9.90 Å². The molecule has 4 heteroatoms. The molecule has 0 unspecified atom stereocenters. The summed E-state index contributed by atoms with van der Waals surface area (Å²) in [5.41, 5.74) is 0.256. The molecule has 1 aromatic carbocycles. The Balaban J connectivity index is 3.05. The van der Waals surface area contributed by atoms with Crippen molar-refractivity contribution in [3.8, 4) is 5.75 Å². The van der Waals surface area contributed by atoms with Crippen molar-refractivity contribution in [2.45, 2.75) is 13.8 Å². The quantitative estimate of drug-likeness (QED) is 0.862. The largest absolute Gasteiger partial charge is 0.506 e. The third-order valence-corrected chi connectivity index (χ3v) is 2.57. The lowest BCUT2D eigenvalue weighted by molar-refractivity contribution is 0.0770. The summed E-state index contributed by atoms with van der Waals surface area (Å²) in [6, 6.07) is 4.77. The predicted octanol–water partition coefficient (Wildman–Crippen LogP) is 2.53. The zero-order chi connectivity index (χ0) is 11.4. The second kappa shape index (κ2) is 5.03. The highest BCUT2D eigenvalue weighted by atomic mass is 35.5. The average Bonchev–Trinajstić information content (AvgIpc) is 2.23. The molecule has 3 nitrogen and oxygen atoms in total. The Morgan fingerprint density at radius 3 is 2.53 bits per heavy atom. The number of benzene rings is 1. The van der Waals surface area contributed by atoms with Crippen molar-refractivity contribution in [3.05, 3.63) is 28.8 Å². The minimum absolute atomic E-state index is 0.143. The molecule has 0 aliphatic heterocycles. The van der Waals surface area contributed by atoms with E-state index in [1.165, 1.54) is 0 Å². The fraction of sp³-hybridized carbons (Fsp3) is 0.364. The molecule has 0 aliphatic carbocycles. The molecular weight excluding hydrogens is 214 g/mol. The number of hydrogen-bond donors (Lipinski definition) is 1. The molecule has 0 radical (unpaired) electrons. The monoisotopic (exact) mass is 227 g/mol. The summed E-state index contributed by atoms with van der Waals surface area (Å²) in [5, 5.41) is 9.83. The normalized spacial score (nSPS) is 10.1. The number of aromatic hydroxyl groups is 1. The van der Waals surface area contributed by atoms with Crippen LogP contribution in [0.25, 0.3) is 0 Å². The van der Waals surface area contributed by atoms with Crippen molar-refractivity contribution in [3.63, 3.8) is 0 Å². The van der Waals surface area contributed by atoms with Gasteiger partial charge in [0.2, 0.25) is 0 Å². The van der Waals surface area contributed by atoms with Crippen LogP contribution in [0.1, 0.15) is 24.2 Å². The van der Waals surface area contributed by atoms with Crippen LogP contribution < -0.4 is 0 Å². The maximum Gasteiger partial charge on any atom is 0.257 e. The van der Waals surface area contributed by atoms with E-state index < -0.39 is 0 Å². The van der Waals surface area contributed by atoms with E-state index in [4.69, 9.17) is 11.6 Å². The van der Waals surface area contributed by atoms with E-state index in [1.807, 2.05) is 13.8 Å². The van der Waals surface area contributed by atoms with Gasteiger partial charge in [0.25, 0.3) is 5.91 Å². The number of nitrogens with zero attached hydrogens (tertiary/aromatic N) is 1. The first-order valence-corrected chi connectivity index (χ1v) is 5.26. The van der Waals surface area contributed by atoms with Crippen LogP contribution in [0.5, 0.6) is 5.75 Å². The second-order valence-corrected chi connectivity index (χ2v) is 3.52. The summed E-state index contributed by atoms with van der Waals surface area (Å²) in [7, 11) is 0. The van der Waals surface area contributed by atoms with E-state index in [0.29, 0.717) is 13.1 Å². The minimum atomic E-state index is -0.194. The SMILES string of the molecule is CCN(CC)C(=O)c1cccc(Cl)c1O. The Morgan fingerprint density at radius 1 is 1.40 bits per heavy atom. The Bertz CT molecular complexity index is 362. The summed E-state index contributed by atoms with van der Waals surface area (Å²) >= 11 is 5.73. The predicted molar refractivity (Wildman–Crippen MR) is 60.4 cm³/mol. The van der Waals surface area contributed by atoms with Gasteiger partial charge in [0.15, 0.2) is 0 Å². The number of halogens is 1. The highest BCUT2D eigenvalue weighted by molar-refractivity contribution is 6.32. The van der Waals surface area contributed by atoms with Gasteiger partial charge in [-0.15, -0.1) is 0 Å². The second-order valence-electron chi connectivity index (χ2n) is 3.11. The van der Waals surface area contributed by atoms with Gasteiger partial charge < -0.3 is 10.0 Å². The fourth-order valence-electron chi connectivity index (χ4n) is 1.37. The minimum Gasteiger partial charge on any atom is -0.506 e. The number of amides is 1. The van der Waals surface area contributed by atoms with Crippen LogP contribution in [0.2, 0.25) is 5.02 Å². The molecule has 1 aromatic rings. The molecule has 0 saturated carbocycles. The molecule has 1 rings (SSSR count). The molecule has 0 heterocycles. The molecule has 0 aliphatic rings. The average molecular weight is 228 g/mol. The van der Waals surface area contributed by atoms with E-state index in [1.54, 1.807) is 23.1 Å². The molecule has 1 amide bonds. The molecule has 0 aromatic heterocycles. The van der Waals surface area contributed by atoms with Crippen LogP contribution in [0.3, 0.4) is 0 Å². The van der Waals surface area contributed by atoms with E-state index >= 15 is 0 Å². The van der Waals surface area contributed by atoms with Crippen LogP contribution in [0, 0.1) is 0 Å². The van der Waals surface area contributed by atoms with Crippen LogP contribution >= 0.6 is 11.6 Å². The van der Waals surface area contributed by atoms with Crippen molar-refractivity contribution in [1.29, 1.82) is 0 Å². The number of para-hydroxylation sites is 1. The zero-order valence-electron chi connectivity index (χ0n) is 8.83. The summed E-state index contributed by atoms with van der Waals surface area (Å²) in [4.78, 5) is 13.5. The van der Waals surface area contributed by atoms with Gasteiger partial charge in [-0.05, 0) is 26.0 Å². The molecule has 0 spiro atoms. The smallest absolute Gasteiger partial charge is 0.257 e. The Hall–Kier alpha value is -1.22. The number of carbonyl (C=O) groups is 1. The zero-order valence-corrected chi connectivity index (χ0v) is 9.58. The number of phenols is 1. The lowest BCUT2D eigenvalue weighted by Crippen LogP contribution is -2.30. The number of phenolic OH excluding ortho intramolecular Hbond substituents is 1. The molecular formula is C11H14ClNO2. The first-order valence-electron chi connectivity index (χ1n) is 4.88. The number of carbonyl (C=O) groups excluding carboxylic acids is 1. The van der Waals surface area contributed by atoms with Crippen LogP contribution in [0.15, 0.2) is 18.2 Å². The van der Waals surface area contributed by atoms with Crippen molar-refractivity contribution in [2.75, 3.05) is 13.1 Å². The summed E-state index contributed by atoms with van der Waals surface area (Å²) in [6.45, 7) is 5.01. The van der Waals surface area contributed by atoms with E-state index in [0.717, 1.165) is 0 Å². The third-order valence-electron chi connectivity index (χ3n) is 2.27. The van der Waals surface area contributed by atoms with Crippen molar-refractivity contribution >= 4 is 17.5 Å². The summed E-state index contributed by atoms with van der Waals surface area (Å²) < 4.78 is 0. The lowest BCUT2D eigenvalue weighted by atomic mass is 10.1. The van der Waals surface area contributed by atoms with E-state index in [9.17, 15) is 9.90 Å². The number of hydrogen-bond acceptors (Lipinski definition) is 2. The molecule has 15 heavy (non-hydrogen) atoms. The summed E-state index contributed by atoms with van der Waals surface area (Å²) in [5.74, 6) is -0.337. The molecule has 1 N–H and O–H groups in total. The van der Waals surface area contributed by atoms with Crippen molar-refractivity contribution in [1.82, 2.24) is 4.90 Å². The molecule has 0 bridgehead atoms. The van der Waals surface area contributed by atoms with Gasteiger partial charge in [0.1, 0.15) is 5.75 Å². The van der Waals surface area contributed by atoms with Gasteiger partial charge in [0, 0.05) is 13.1 Å². The van der Waals surface area contributed by atoms with Crippen molar-refractivity contribution in [2.24, 2.45) is 0 Å². The first-order chi connectivity index (χ1) is 7.11. The Labute approximate surface area is 94.3 Å². The van der Waals surface area contributed by atoms with Gasteiger partial charge in [-0.25, -0.2) is 0 Å². The van der Waals surface area contributed by atoms with Gasteiger partial charge in [-0.3, -0.25) is 4.79 Å². The maximum absolute atomic E-state index is 11.9. The van der Waals surface area contributed by atoms with Crippen LogP contribution in [0.4, 0.5) is 0 Å². The lowest BCUT2D eigenvalue weighted by Gasteiger charge is -2.19. The van der Waals surface area contributed by atoms with Crippen LogP contribution in [-0.4, -0.2) is 29.0 Å². The highest BCUT2D eigenvalue weighted by Gasteiger charge is 2.17. The van der Waals surface area contributed by atoms with Gasteiger partial charge in [-0.2, -0.15) is 0 Å². The topological polar surface area (TPSA) is 40.5 Å². The molecule has 0 saturated heterocycles. The van der Waals surface area contributed by atoms with E-state index in [2.05, 4.69) is 0 Å². The summed E-state index contributed by atoms with van der Waals surface area (Å²) in [6.07, 6.45) is 0. The maximum atomic E-state index is 11.9. The molecule has 0 atom stereocenters. The fourth-order valence-corrected chi connectivity index (χ4v) is 1.54. The number of rotatable bonds is 3. The van der Waals surface area contributed by atoms with Gasteiger partial charge in [0.05, 0.1) is 10.6 Å².